The number of para-hydroxylation sites is 1. The quantitative estimate of drug-likeness (QED) is 0.193. The zero-order valence-corrected chi connectivity index (χ0v) is 24.6. The van der Waals surface area contributed by atoms with E-state index in [0.29, 0.717) is 23.3 Å². The second-order valence-corrected chi connectivity index (χ2v) is 11.2. The number of fused-ring (bicyclic) bond motifs is 7. The number of hydrogen-bond acceptors (Lipinski definition) is 8. The number of hydrogen-bond donors (Lipinski definition) is 0. The van der Waals surface area contributed by atoms with Crippen LogP contribution < -0.4 is 9.80 Å². The van der Waals surface area contributed by atoms with Crippen molar-refractivity contribution in [1.82, 2.24) is 29.5 Å². The second kappa shape index (κ2) is 9.79. The summed E-state index contributed by atoms with van der Waals surface area (Å²) in [5.74, 6) is 2.42. The van der Waals surface area contributed by atoms with Crippen LogP contribution in [0.4, 0.5) is 23.3 Å². The van der Waals surface area contributed by atoms with E-state index in [1.165, 1.54) is 0 Å². The predicted molar refractivity (Wildman–Crippen MR) is 184 cm³/mol. The first-order valence-corrected chi connectivity index (χ1v) is 15.1. The molecule has 1 aliphatic carbocycles. The Morgan fingerprint density at radius 1 is 0.638 bits per heavy atom. The van der Waals surface area contributed by atoms with Crippen LogP contribution in [0.25, 0.3) is 39.0 Å². The molecule has 4 bridgehead atoms. The van der Waals surface area contributed by atoms with Gasteiger partial charge in [0.1, 0.15) is 34.5 Å². The highest BCUT2D eigenvalue weighted by Gasteiger charge is 2.31. The molecule has 4 aliphatic rings. The molecule has 3 aliphatic heterocycles. The van der Waals surface area contributed by atoms with Crippen LogP contribution in [-0.4, -0.2) is 35.7 Å². The van der Waals surface area contributed by atoms with Crippen LogP contribution >= 0.6 is 0 Å². The van der Waals surface area contributed by atoms with Gasteiger partial charge in [0.25, 0.3) is 0 Å². The fourth-order valence-electron chi connectivity index (χ4n) is 6.51. The molecule has 5 aromatic heterocycles. The van der Waals surface area contributed by atoms with E-state index < -0.39 is 0 Å². The number of pyridine rings is 3. The van der Waals surface area contributed by atoms with Crippen molar-refractivity contribution >= 4 is 62.7 Å². The molecular weight excluding hydrogens is 582 g/mol. The fourth-order valence-corrected chi connectivity index (χ4v) is 6.51. The summed E-state index contributed by atoms with van der Waals surface area (Å²) in [4.78, 5) is 33.5. The van der Waals surface area contributed by atoms with E-state index in [-0.39, 0.29) is 0 Å². The molecule has 0 N–H and O–H groups in total. The van der Waals surface area contributed by atoms with Gasteiger partial charge in [-0.3, -0.25) is 19.4 Å². The lowest BCUT2D eigenvalue weighted by molar-refractivity contribution is 0.956. The number of aromatic nitrogens is 6. The normalized spacial score (nSPS) is 15.5. The van der Waals surface area contributed by atoms with Gasteiger partial charge in [0.2, 0.25) is 5.95 Å². The number of allylic oxidation sites excluding steroid dienone is 6. The lowest BCUT2D eigenvalue weighted by Crippen LogP contribution is -2.25. The van der Waals surface area contributed by atoms with Gasteiger partial charge in [-0.25, -0.2) is 15.0 Å². The van der Waals surface area contributed by atoms with Crippen LogP contribution in [0.2, 0.25) is 0 Å². The summed E-state index contributed by atoms with van der Waals surface area (Å²) in [6.45, 7) is 0. The van der Waals surface area contributed by atoms with Gasteiger partial charge in [0.15, 0.2) is 0 Å². The highest BCUT2D eigenvalue weighted by Crippen LogP contribution is 2.43. The molecule has 9 heteroatoms. The Morgan fingerprint density at radius 2 is 1.43 bits per heavy atom. The molecule has 1 aromatic carbocycles. The molecule has 218 valence electrons. The molecule has 0 saturated carbocycles. The maximum atomic E-state index is 5.28. The molecule has 0 unspecified atom stereocenters. The van der Waals surface area contributed by atoms with E-state index in [9.17, 15) is 0 Å². The van der Waals surface area contributed by atoms with Gasteiger partial charge >= 0.3 is 0 Å². The lowest BCUT2D eigenvalue weighted by atomic mass is 10.0. The molecular formula is C38H21N9. The fraction of sp³-hybridized carbons (Fsp3) is 0. The molecule has 0 radical (unpaired) electrons. The summed E-state index contributed by atoms with van der Waals surface area (Å²) in [6, 6.07) is 22.3. The topological polar surface area (TPSA) is 88.2 Å². The molecule has 10 rings (SSSR count). The Labute approximate surface area is 268 Å². The van der Waals surface area contributed by atoms with Crippen molar-refractivity contribution in [3.63, 3.8) is 0 Å². The minimum atomic E-state index is 0.432. The average Bonchev–Trinajstić information content (AvgIpc) is 3.21. The Bertz CT molecular complexity index is 2450. The summed E-state index contributed by atoms with van der Waals surface area (Å²) in [6.07, 6.45) is 19.1. The molecule has 0 fully saturated rings. The Kier molecular flexibility index (Phi) is 5.29. The number of benzene rings is 1. The van der Waals surface area contributed by atoms with Crippen LogP contribution in [0.3, 0.4) is 0 Å². The molecule has 0 spiro atoms. The van der Waals surface area contributed by atoms with Crippen molar-refractivity contribution in [2.24, 2.45) is 4.99 Å². The van der Waals surface area contributed by atoms with E-state index >= 15 is 0 Å². The maximum absolute atomic E-state index is 5.28. The van der Waals surface area contributed by atoms with Crippen LogP contribution in [0.1, 0.15) is 11.3 Å². The average molecular weight is 604 g/mol. The minimum Gasteiger partial charge on any atom is -0.285 e. The first-order chi connectivity index (χ1) is 23.3. The largest absolute Gasteiger partial charge is 0.285 e. The third-order valence-electron chi connectivity index (χ3n) is 8.48. The first kappa shape index (κ1) is 25.4. The molecule has 0 saturated heterocycles. The Hall–Kier alpha value is -6.92. The van der Waals surface area contributed by atoms with Crippen molar-refractivity contribution in [2.45, 2.75) is 0 Å². The number of rotatable bonds is 3. The molecule has 8 heterocycles. The van der Waals surface area contributed by atoms with E-state index in [0.717, 1.165) is 61.7 Å². The summed E-state index contributed by atoms with van der Waals surface area (Å²) >= 11 is 0. The SMILES string of the molecule is C1=C2N=CC=CC=1N(c1cc(-n3c4ccccc4c4cccnc43)nc(N3C4=C=C(C=CC=C4)c4cccnc43)n1)c1cccnc12. The molecule has 0 atom stereocenters. The summed E-state index contributed by atoms with van der Waals surface area (Å²) in [5.41, 5.74) is 14.5. The summed E-state index contributed by atoms with van der Waals surface area (Å²) in [5, 5.41) is 2.12. The molecule has 47 heavy (non-hydrogen) atoms. The van der Waals surface area contributed by atoms with Gasteiger partial charge in [-0.15, -0.1) is 0 Å². The van der Waals surface area contributed by atoms with E-state index in [2.05, 4.69) is 44.1 Å². The highest BCUT2D eigenvalue weighted by molar-refractivity contribution is 6.07. The summed E-state index contributed by atoms with van der Waals surface area (Å²) < 4.78 is 2.10. The van der Waals surface area contributed by atoms with Crippen molar-refractivity contribution in [3.05, 3.63) is 156 Å². The van der Waals surface area contributed by atoms with Crippen molar-refractivity contribution in [2.75, 3.05) is 9.80 Å². The van der Waals surface area contributed by atoms with Gasteiger partial charge in [-0.1, -0.05) is 41.8 Å². The van der Waals surface area contributed by atoms with E-state index in [1.807, 2.05) is 96.1 Å². The van der Waals surface area contributed by atoms with Crippen LogP contribution in [0, 0.1) is 0 Å². The molecule has 9 nitrogen and oxygen atoms in total. The monoisotopic (exact) mass is 603 g/mol. The smallest absolute Gasteiger partial charge is 0.240 e. The van der Waals surface area contributed by atoms with Crippen molar-refractivity contribution in [3.8, 4) is 5.82 Å². The predicted octanol–water partition coefficient (Wildman–Crippen LogP) is 7.52. The minimum absolute atomic E-state index is 0.432. The maximum Gasteiger partial charge on any atom is 0.240 e. The zero-order valence-electron chi connectivity index (χ0n) is 24.6. The van der Waals surface area contributed by atoms with Gasteiger partial charge in [-0.2, -0.15) is 9.97 Å². The van der Waals surface area contributed by atoms with Crippen LogP contribution in [0.5, 0.6) is 0 Å². The lowest BCUT2D eigenvalue weighted by Gasteiger charge is -2.30. The Balaban J connectivity index is 1.30. The Morgan fingerprint density at radius 3 is 2.43 bits per heavy atom. The van der Waals surface area contributed by atoms with E-state index in [1.54, 1.807) is 18.6 Å². The van der Waals surface area contributed by atoms with Crippen molar-refractivity contribution in [1.29, 1.82) is 0 Å². The second-order valence-electron chi connectivity index (χ2n) is 11.2. The molecule has 6 aromatic rings. The number of anilines is 4. The van der Waals surface area contributed by atoms with Gasteiger partial charge < -0.3 is 0 Å². The number of aliphatic imine (C=N–C) groups is 1. The molecule has 0 amide bonds. The van der Waals surface area contributed by atoms with Crippen LogP contribution in [0.15, 0.2) is 150 Å². The van der Waals surface area contributed by atoms with Gasteiger partial charge in [-0.05, 0) is 66.8 Å². The first-order valence-electron chi connectivity index (χ1n) is 15.1. The third kappa shape index (κ3) is 3.79. The van der Waals surface area contributed by atoms with Gasteiger partial charge in [0.05, 0.1) is 22.6 Å². The third-order valence-corrected chi connectivity index (χ3v) is 8.48. The standard InChI is InChI=1S/C38H21N9/c1-2-10-25-21-24(9-1)27-13-6-19-41-36(27)46(25)38-43-33(45-26-11-5-17-39-30(22-26)35-32(45)16-8-18-40-35)23-34(44-38)47-31-15-4-3-12-28(31)29-14-7-20-42-37(29)47/h1-20,23H. The number of nitrogens with zero attached hydrogens (tertiary/aromatic N) is 9. The summed E-state index contributed by atoms with van der Waals surface area (Å²) in [7, 11) is 0. The zero-order chi connectivity index (χ0) is 30.9. The van der Waals surface area contributed by atoms with Crippen molar-refractivity contribution < 1.29 is 0 Å². The van der Waals surface area contributed by atoms with E-state index in [4.69, 9.17) is 24.9 Å². The highest BCUT2D eigenvalue weighted by atomic mass is 15.3. The van der Waals surface area contributed by atoms with Crippen LogP contribution in [-0.2, 0) is 0 Å². The van der Waals surface area contributed by atoms with Gasteiger partial charge in [0, 0.05) is 52.8 Å².